The first-order chi connectivity index (χ1) is 16.2. The zero-order valence-electron chi connectivity index (χ0n) is 20.4. The molecule has 0 aliphatic carbocycles. The van der Waals surface area contributed by atoms with Crippen LogP contribution in [0.2, 0.25) is 0 Å². The topological polar surface area (TPSA) is 97.6 Å². The van der Waals surface area contributed by atoms with Crippen molar-refractivity contribution < 1.29 is 33.9 Å². The number of ether oxygens (including phenoxy) is 2. The summed E-state index contributed by atoms with van der Waals surface area (Å²) in [5, 5.41) is 10.2. The van der Waals surface area contributed by atoms with Crippen LogP contribution in [0.5, 0.6) is 17.2 Å². The van der Waals surface area contributed by atoms with E-state index in [1.165, 1.54) is 15.9 Å². The Morgan fingerprint density at radius 2 is 1.85 bits per heavy atom. The van der Waals surface area contributed by atoms with E-state index in [-0.39, 0.29) is 11.5 Å². The molecule has 3 rings (SSSR count). The Morgan fingerprint density at radius 3 is 2.47 bits per heavy atom. The molecule has 182 valence electrons. The van der Waals surface area contributed by atoms with Crippen LogP contribution in [0.3, 0.4) is 0 Å². The fraction of sp³-hybridized carbons (Fsp3) is 0.423. The molecule has 0 aromatic heterocycles. The van der Waals surface area contributed by atoms with Gasteiger partial charge in [0.1, 0.15) is 11.7 Å². The lowest BCUT2D eigenvalue weighted by Gasteiger charge is -2.28. The number of aromatic hydroxyl groups is 1. The number of phenolic OH excluding ortho intramolecular Hbond substituents is 1. The highest BCUT2D eigenvalue weighted by atomic mass is 16.5. The number of nitrogens with one attached hydrogen (secondary N) is 1. The molecule has 2 N–H and O–H groups in total. The summed E-state index contributed by atoms with van der Waals surface area (Å²) in [6.07, 6.45) is 0.677. The Hall–Kier alpha value is -3.39. The first-order valence-corrected chi connectivity index (χ1v) is 11.5. The average Bonchev–Trinajstić information content (AvgIpc) is 3.05. The van der Waals surface area contributed by atoms with Crippen LogP contribution in [0.25, 0.3) is 0 Å². The highest BCUT2D eigenvalue weighted by molar-refractivity contribution is 6.44. The smallest absolute Gasteiger partial charge is 0.291 e. The summed E-state index contributed by atoms with van der Waals surface area (Å²) in [6, 6.07) is 8.91. The van der Waals surface area contributed by atoms with E-state index < -0.39 is 29.4 Å². The fourth-order valence-corrected chi connectivity index (χ4v) is 4.40. The van der Waals surface area contributed by atoms with Gasteiger partial charge in [-0.1, -0.05) is 6.07 Å². The number of carbonyl (C=O) groups excluding carboxylic acids is 3. The number of carbonyl (C=O) groups is 3. The molecule has 8 heteroatoms. The Morgan fingerprint density at radius 1 is 1.12 bits per heavy atom. The van der Waals surface area contributed by atoms with E-state index in [1.54, 1.807) is 44.4 Å². The molecule has 1 amide bonds. The van der Waals surface area contributed by atoms with Gasteiger partial charge in [0.15, 0.2) is 17.3 Å². The van der Waals surface area contributed by atoms with Crippen LogP contribution in [0.1, 0.15) is 40.9 Å². The number of benzene rings is 2. The van der Waals surface area contributed by atoms with Gasteiger partial charge in [0, 0.05) is 18.5 Å². The van der Waals surface area contributed by atoms with Crippen molar-refractivity contribution in [2.24, 2.45) is 5.92 Å². The molecule has 0 bridgehead atoms. The van der Waals surface area contributed by atoms with Gasteiger partial charge in [-0.15, -0.1) is 0 Å². The van der Waals surface area contributed by atoms with Crippen molar-refractivity contribution in [2.75, 3.05) is 40.9 Å². The standard InChI is InChI=1S/C26H32N2O6/c1-6-34-21-15-17(8-10-19(21)29)23-22(24(30)18-9-11-20(33-5)16(2)14-18)25(31)26(32)28(23)13-7-12-27(3)4/h8-11,14-15,22-23,29H,6-7,12-13H2,1-5H3/p+1. The minimum Gasteiger partial charge on any atom is -0.504 e. The maximum Gasteiger partial charge on any atom is 0.291 e. The molecular formula is C26H33N2O6+. The summed E-state index contributed by atoms with van der Waals surface area (Å²) < 4.78 is 10.8. The lowest BCUT2D eigenvalue weighted by atomic mass is 9.85. The fourth-order valence-electron chi connectivity index (χ4n) is 4.40. The quantitative estimate of drug-likeness (QED) is 0.312. The van der Waals surface area contributed by atoms with Crippen LogP contribution >= 0.6 is 0 Å². The molecule has 1 heterocycles. The first kappa shape index (κ1) is 25.2. The number of methoxy groups -OCH3 is 1. The van der Waals surface area contributed by atoms with Gasteiger partial charge in [-0.3, -0.25) is 14.4 Å². The Labute approximate surface area is 200 Å². The van der Waals surface area contributed by atoms with E-state index in [9.17, 15) is 19.5 Å². The third kappa shape index (κ3) is 5.07. The second-order valence-electron chi connectivity index (χ2n) is 8.80. The number of hydrogen-bond donors (Lipinski definition) is 2. The second-order valence-corrected chi connectivity index (χ2v) is 8.80. The average molecular weight is 470 g/mol. The summed E-state index contributed by atoms with van der Waals surface area (Å²) in [6.45, 7) is 5.10. The van der Waals surface area contributed by atoms with E-state index in [0.29, 0.717) is 36.4 Å². The lowest BCUT2D eigenvalue weighted by molar-refractivity contribution is -0.858. The molecule has 2 unspecified atom stereocenters. The van der Waals surface area contributed by atoms with E-state index >= 15 is 0 Å². The number of phenols is 1. The van der Waals surface area contributed by atoms with Gasteiger partial charge >= 0.3 is 0 Å². The third-order valence-electron chi connectivity index (χ3n) is 6.07. The molecule has 2 aromatic carbocycles. The van der Waals surface area contributed by atoms with Crippen molar-refractivity contribution >= 4 is 17.5 Å². The zero-order valence-corrected chi connectivity index (χ0v) is 20.4. The minimum absolute atomic E-state index is 0.0438. The van der Waals surface area contributed by atoms with E-state index in [1.807, 2.05) is 21.0 Å². The number of quaternary nitrogens is 1. The molecule has 0 saturated carbocycles. The van der Waals surface area contributed by atoms with Gasteiger partial charge in [-0.05, 0) is 55.3 Å². The second kappa shape index (κ2) is 10.7. The van der Waals surface area contributed by atoms with Crippen molar-refractivity contribution in [1.82, 2.24) is 4.90 Å². The van der Waals surface area contributed by atoms with Gasteiger partial charge in [0.25, 0.3) is 5.91 Å². The van der Waals surface area contributed by atoms with Crippen molar-refractivity contribution in [1.29, 1.82) is 0 Å². The molecule has 1 aliphatic heterocycles. The SMILES string of the molecule is CCOc1cc(C2C(C(=O)c3ccc(OC)c(C)c3)C(=O)C(=O)N2CCC[NH+](C)C)ccc1O. The maximum absolute atomic E-state index is 13.6. The van der Waals surface area contributed by atoms with E-state index in [0.717, 1.165) is 12.1 Å². The van der Waals surface area contributed by atoms with Crippen LogP contribution in [0.4, 0.5) is 0 Å². The number of nitrogens with zero attached hydrogens (tertiary/aromatic N) is 1. The Bertz CT molecular complexity index is 1080. The normalized spacial score (nSPS) is 18.0. The molecule has 2 atom stereocenters. The third-order valence-corrected chi connectivity index (χ3v) is 6.07. The number of ketones is 2. The predicted molar refractivity (Wildman–Crippen MR) is 127 cm³/mol. The zero-order chi connectivity index (χ0) is 25.0. The summed E-state index contributed by atoms with van der Waals surface area (Å²) in [5.41, 5.74) is 1.68. The molecule has 1 aliphatic rings. The van der Waals surface area contributed by atoms with Crippen molar-refractivity contribution in [3.05, 3.63) is 53.1 Å². The van der Waals surface area contributed by atoms with Crippen molar-refractivity contribution in [3.63, 3.8) is 0 Å². The van der Waals surface area contributed by atoms with E-state index in [2.05, 4.69) is 0 Å². The van der Waals surface area contributed by atoms with Gasteiger partial charge < -0.3 is 24.4 Å². The molecule has 0 radical (unpaired) electrons. The summed E-state index contributed by atoms with van der Waals surface area (Å²) in [5.74, 6) is -2.14. The van der Waals surface area contributed by atoms with Crippen LogP contribution in [-0.4, -0.2) is 68.4 Å². The van der Waals surface area contributed by atoms with Crippen LogP contribution in [-0.2, 0) is 9.59 Å². The number of likely N-dealkylation sites (tertiary alicyclic amines) is 1. The number of rotatable bonds is 10. The van der Waals surface area contributed by atoms with Crippen LogP contribution in [0, 0.1) is 12.8 Å². The first-order valence-electron chi connectivity index (χ1n) is 11.5. The molecular weight excluding hydrogens is 436 g/mol. The number of amides is 1. The Balaban J connectivity index is 2.06. The summed E-state index contributed by atoms with van der Waals surface area (Å²) in [7, 11) is 5.58. The number of Topliss-reactive ketones (excluding diaryl/α,β-unsaturated/α-hetero) is 2. The molecule has 1 saturated heterocycles. The van der Waals surface area contributed by atoms with Crippen LogP contribution < -0.4 is 14.4 Å². The molecule has 1 fully saturated rings. The molecule has 34 heavy (non-hydrogen) atoms. The highest BCUT2D eigenvalue weighted by Gasteiger charge is 2.51. The van der Waals surface area contributed by atoms with Gasteiger partial charge in [-0.25, -0.2) is 0 Å². The van der Waals surface area contributed by atoms with E-state index in [4.69, 9.17) is 9.47 Å². The Kier molecular flexibility index (Phi) is 7.94. The minimum atomic E-state index is -1.19. The highest BCUT2D eigenvalue weighted by Crippen LogP contribution is 2.41. The lowest BCUT2D eigenvalue weighted by Crippen LogP contribution is -3.05. The predicted octanol–water partition coefficient (Wildman–Crippen LogP) is 1.59. The molecule has 2 aromatic rings. The van der Waals surface area contributed by atoms with Crippen molar-refractivity contribution in [3.8, 4) is 17.2 Å². The van der Waals surface area contributed by atoms with Crippen molar-refractivity contribution in [2.45, 2.75) is 26.3 Å². The molecule has 8 nitrogen and oxygen atoms in total. The monoisotopic (exact) mass is 469 g/mol. The van der Waals surface area contributed by atoms with Crippen LogP contribution in [0.15, 0.2) is 36.4 Å². The van der Waals surface area contributed by atoms with Gasteiger partial charge in [0.2, 0.25) is 5.78 Å². The van der Waals surface area contributed by atoms with Gasteiger partial charge in [0.05, 0.1) is 40.4 Å². The maximum atomic E-state index is 13.6. The summed E-state index contributed by atoms with van der Waals surface area (Å²) in [4.78, 5) is 42.6. The summed E-state index contributed by atoms with van der Waals surface area (Å²) >= 11 is 0. The largest absolute Gasteiger partial charge is 0.504 e. The number of aryl methyl sites for hydroxylation is 1. The number of hydrogen-bond acceptors (Lipinski definition) is 6. The van der Waals surface area contributed by atoms with Gasteiger partial charge in [-0.2, -0.15) is 0 Å². The molecule has 0 spiro atoms.